The summed E-state index contributed by atoms with van der Waals surface area (Å²) in [6.07, 6.45) is 1.61. The van der Waals surface area contributed by atoms with Crippen molar-refractivity contribution in [1.29, 1.82) is 0 Å². The van der Waals surface area contributed by atoms with E-state index in [1.165, 1.54) is 0 Å². The third-order valence-electron chi connectivity index (χ3n) is 5.11. The lowest BCUT2D eigenvalue weighted by molar-refractivity contribution is -0.154. The molecule has 78 valence electrons. The van der Waals surface area contributed by atoms with Crippen molar-refractivity contribution >= 4 is 11.8 Å². The van der Waals surface area contributed by atoms with Crippen LogP contribution in [0, 0.1) is 16.2 Å². The molecule has 3 heteroatoms. The summed E-state index contributed by atoms with van der Waals surface area (Å²) >= 11 is 0. The second-order valence-corrected chi connectivity index (χ2v) is 5.44. The molecule has 0 radical (unpaired) electrons. The van der Waals surface area contributed by atoms with E-state index in [1.54, 1.807) is 0 Å². The number of Topliss-reactive ketones (excluding diaryl/α,β-unsaturated/α-hetero) is 1. The topological polar surface area (TPSA) is 54.4 Å². The molecule has 2 saturated carbocycles. The maximum atomic E-state index is 11.8. The van der Waals surface area contributed by atoms with Crippen molar-refractivity contribution in [2.75, 3.05) is 0 Å². The number of carbonyl (C=O) groups is 2. The van der Waals surface area contributed by atoms with Gasteiger partial charge in [0.05, 0.1) is 5.41 Å². The lowest BCUT2D eigenvalue weighted by Crippen LogP contribution is -2.40. The van der Waals surface area contributed by atoms with Crippen LogP contribution in [0.15, 0.2) is 0 Å². The van der Waals surface area contributed by atoms with Gasteiger partial charge in [0, 0.05) is 11.8 Å². The zero-order chi connectivity index (χ0) is 10.8. The van der Waals surface area contributed by atoms with Crippen LogP contribution in [0.5, 0.6) is 0 Å². The highest BCUT2D eigenvalue weighted by atomic mass is 16.4. The van der Waals surface area contributed by atoms with E-state index in [0.29, 0.717) is 6.42 Å². The molecule has 0 aromatic heterocycles. The summed E-state index contributed by atoms with van der Waals surface area (Å²) in [6.45, 7) is 5.78. The van der Waals surface area contributed by atoms with Gasteiger partial charge >= 0.3 is 5.97 Å². The monoisotopic (exact) mass is 196 g/mol. The Morgan fingerprint density at radius 3 is 2.07 bits per heavy atom. The first-order valence-electron chi connectivity index (χ1n) is 5.05. The van der Waals surface area contributed by atoms with Crippen LogP contribution in [-0.2, 0) is 9.59 Å². The molecule has 0 spiro atoms. The smallest absolute Gasteiger partial charge is 0.310 e. The van der Waals surface area contributed by atoms with Gasteiger partial charge < -0.3 is 5.11 Å². The summed E-state index contributed by atoms with van der Waals surface area (Å²) < 4.78 is 0. The number of rotatable bonds is 1. The molecule has 3 nitrogen and oxygen atoms in total. The number of carboxylic acid groups (broad SMARTS) is 1. The van der Waals surface area contributed by atoms with E-state index in [-0.39, 0.29) is 12.2 Å². The maximum Gasteiger partial charge on any atom is 0.310 e. The summed E-state index contributed by atoms with van der Waals surface area (Å²) in [5.41, 5.74) is -1.60. The van der Waals surface area contributed by atoms with E-state index in [4.69, 9.17) is 0 Å². The fourth-order valence-corrected chi connectivity index (χ4v) is 3.33. The van der Waals surface area contributed by atoms with Crippen molar-refractivity contribution in [2.45, 2.75) is 40.0 Å². The molecule has 0 aromatic carbocycles. The van der Waals surface area contributed by atoms with Crippen LogP contribution in [0.3, 0.4) is 0 Å². The van der Waals surface area contributed by atoms with Crippen molar-refractivity contribution in [1.82, 2.24) is 0 Å². The van der Waals surface area contributed by atoms with Crippen LogP contribution in [-0.4, -0.2) is 16.9 Å². The number of ketones is 1. The average molecular weight is 196 g/mol. The predicted octanol–water partition coefficient (Wildman–Crippen LogP) is 1.86. The number of carbonyl (C=O) groups excluding carboxylic acids is 1. The number of hydrogen-bond acceptors (Lipinski definition) is 2. The number of hydrogen-bond donors (Lipinski definition) is 1. The molecule has 0 amide bonds. The van der Waals surface area contributed by atoms with Gasteiger partial charge in [0.2, 0.25) is 0 Å². The molecule has 0 unspecified atom stereocenters. The Labute approximate surface area is 83.5 Å². The van der Waals surface area contributed by atoms with Gasteiger partial charge in [-0.2, -0.15) is 0 Å². The molecule has 2 atom stereocenters. The van der Waals surface area contributed by atoms with Gasteiger partial charge in [-0.1, -0.05) is 20.8 Å². The summed E-state index contributed by atoms with van der Waals surface area (Å²) in [4.78, 5) is 23.2. The van der Waals surface area contributed by atoms with Crippen LogP contribution >= 0.6 is 0 Å². The fraction of sp³-hybridized carbons (Fsp3) is 0.818. The molecular weight excluding hydrogens is 180 g/mol. The van der Waals surface area contributed by atoms with E-state index in [0.717, 1.165) is 6.42 Å². The van der Waals surface area contributed by atoms with Gasteiger partial charge in [-0.15, -0.1) is 0 Å². The summed E-state index contributed by atoms with van der Waals surface area (Å²) in [5, 5.41) is 9.31. The highest BCUT2D eigenvalue weighted by Gasteiger charge is 2.72. The van der Waals surface area contributed by atoms with Crippen molar-refractivity contribution in [2.24, 2.45) is 16.2 Å². The molecule has 0 heterocycles. The highest BCUT2D eigenvalue weighted by Crippen LogP contribution is 2.70. The van der Waals surface area contributed by atoms with Crippen LogP contribution < -0.4 is 0 Å². The number of carboxylic acids is 1. The molecule has 14 heavy (non-hydrogen) atoms. The molecule has 1 N–H and O–H groups in total. The standard InChI is InChI=1S/C11H16O3/c1-9(2)10(3)4-5-11(9,8(13)14)6-7(10)12/h4-6H2,1-3H3,(H,13,14)/t10-,11-/m0/s1. The van der Waals surface area contributed by atoms with E-state index < -0.39 is 22.2 Å². The van der Waals surface area contributed by atoms with Gasteiger partial charge in [-0.05, 0) is 18.3 Å². The quantitative estimate of drug-likeness (QED) is 0.696. The van der Waals surface area contributed by atoms with E-state index in [9.17, 15) is 14.7 Å². The Hall–Kier alpha value is -0.860. The summed E-state index contributed by atoms with van der Waals surface area (Å²) in [5.74, 6) is -0.659. The normalized spacial score (nSPS) is 44.4. The minimum absolute atomic E-state index is 0.135. The lowest BCUT2D eigenvalue weighted by atomic mass is 9.65. The zero-order valence-electron chi connectivity index (χ0n) is 8.89. The Bertz CT molecular complexity index is 331. The first-order chi connectivity index (χ1) is 6.28. The predicted molar refractivity (Wildman–Crippen MR) is 50.8 cm³/mol. The number of fused-ring (bicyclic) bond motifs is 2. The SMILES string of the molecule is CC1(C)[C@@]2(C(=O)O)CC[C@@]1(C)C(=O)C2. The van der Waals surface area contributed by atoms with Crippen molar-refractivity contribution < 1.29 is 14.7 Å². The third-order valence-corrected chi connectivity index (χ3v) is 5.11. The van der Waals surface area contributed by atoms with Gasteiger partial charge in [0.15, 0.2) is 0 Å². The molecule has 2 aliphatic rings. The molecule has 2 fully saturated rings. The highest BCUT2D eigenvalue weighted by molar-refractivity contribution is 5.97. The first-order valence-corrected chi connectivity index (χ1v) is 5.05. The molecule has 2 aliphatic carbocycles. The molecule has 2 bridgehead atoms. The largest absolute Gasteiger partial charge is 0.481 e. The van der Waals surface area contributed by atoms with E-state index >= 15 is 0 Å². The Morgan fingerprint density at radius 1 is 1.29 bits per heavy atom. The fourth-order valence-electron chi connectivity index (χ4n) is 3.33. The summed E-state index contributed by atoms with van der Waals surface area (Å²) in [6, 6.07) is 0. The van der Waals surface area contributed by atoms with E-state index in [1.807, 2.05) is 20.8 Å². The van der Waals surface area contributed by atoms with Crippen molar-refractivity contribution in [3.8, 4) is 0 Å². The first kappa shape index (κ1) is 9.69. The van der Waals surface area contributed by atoms with Crippen molar-refractivity contribution in [3.63, 3.8) is 0 Å². The Morgan fingerprint density at radius 2 is 1.86 bits per heavy atom. The molecule has 2 rings (SSSR count). The zero-order valence-corrected chi connectivity index (χ0v) is 8.89. The molecule has 0 aliphatic heterocycles. The second kappa shape index (κ2) is 2.20. The lowest BCUT2D eigenvalue weighted by Gasteiger charge is -2.36. The van der Waals surface area contributed by atoms with Gasteiger partial charge in [0.1, 0.15) is 5.78 Å². The van der Waals surface area contributed by atoms with Crippen LogP contribution in [0.2, 0.25) is 0 Å². The van der Waals surface area contributed by atoms with E-state index in [2.05, 4.69) is 0 Å². The minimum atomic E-state index is -0.794. The Balaban J connectivity index is 2.60. The second-order valence-electron chi connectivity index (χ2n) is 5.44. The Kier molecular flexibility index (Phi) is 1.53. The van der Waals surface area contributed by atoms with Crippen molar-refractivity contribution in [3.05, 3.63) is 0 Å². The van der Waals surface area contributed by atoms with Crippen LogP contribution in [0.4, 0.5) is 0 Å². The number of aliphatic carboxylic acids is 1. The van der Waals surface area contributed by atoms with Crippen LogP contribution in [0.1, 0.15) is 40.0 Å². The maximum absolute atomic E-state index is 11.8. The molecular formula is C11H16O3. The average Bonchev–Trinajstić information content (AvgIpc) is 2.34. The van der Waals surface area contributed by atoms with Gasteiger partial charge in [0.25, 0.3) is 0 Å². The van der Waals surface area contributed by atoms with Crippen LogP contribution in [0.25, 0.3) is 0 Å². The third kappa shape index (κ3) is 0.677. The molecule has 0 saturated heterocycles. The van der Waals surface area contributed by atoms with Gasteiger partial charge in [-0.25, -0.2) is 0 Å². The molecule has 0 aromatic rings. The minimum Gasteiger partial charge on any atom is -0.481 e. The van der Waals surface area contributed by atoms with Gasteiger partial charge in [-0.3, -0.25) is 9.59 Å². The summed E-state index contributed by atoms with van der Waals surface area (Å²) in [7, 11) is 0.